The molecule has 0 radical (unpaired) electrons. The van der Waals surface area contributed by atoms with Crippen LogP contribution >= 0.6 is 0 Å². The van der Waals surface area contributed by atoms with Gasteiger partial charge in [0, 0.05) is 11.8 Å². The molecule has 1 unspecified atom stereocenters. The summed E-state index contributed by atoms with van der Waals surface area (Å²) in [4.78, 5) is 10.7. The van der Waals surface area contributed by atoms with Gasteiger partial charge < -0.3 is 5.73 Å². The first-order valence-electron chi connectivity index (χ1n) is 5.40. The molecule has 1 aromatic carbocycles. The Kier molecular flexibility index (Phi) is 3.18. The van der Waals surface area contributed by atoms with Gasteiger partial charge in [-0.3, -0.25) is 10.1 Å². The van der Waals surface area contributed by atoms with Crippen molar-refractivity contribution in [2.45, 2.75) is 12.1 Å². The second kappa shape index (κ2) is 4.79. The number of rotatable bonds is 3. The number of nitrogens with zero attached hydrogens (tertiary/aromatic N) is 3. The van der Waals surface area contributed by atoms with Crippen LogP contribution in [-0.4, -0.2) is 10.6 Å². The molecule has 2 rings (SSSR count). The van der Waals surface area contributed by atoms with Gasteiger partial charge in [-0.05, 0) is 18.2 Å². The highest BCUT2D eigenvalue weighted by Gasteiger charge is 2.41. The lowest BCUT2D eigenvalue weighted by molar-refractivity contribution is -0.553. The lowest BCUT2D eigenvalue weighted by Gasteiger charge is -2.17. The molecule has 0 aromatic heterocycles. The van der Waals surface area contributed by atoms with Gasteiger partial charge in [0.1, 0.15) is 0 Å². The Morgan fingerprint density at radius 2 is 2.06 bits per heavy atom. The van der Waals surface area contributed by atoms with Crippen LogP contribution in [0.25, 0.3) is 0 Å². The second-order valence-electron chi connectivity index (χ2n) is 3.91. The van der Waals surface area contributed by atoms with Gasteiger partial charge in [0.2, 0.25) is 0 Å². The minimum atomic E-state index is -1.54. The molecule has 92 valence electrons. The Morgan fingerprint density at radius 1 is 1.33 bits per heavy atom. The molecule has 0 aliphatic heterocycles. The fraction of sp³-hybridized carbons (Fsp3) is 0.167. The van der Waals surface area contributed by atoms with Gasteiger partial charge >= 0.3 is 5.66 Å². The number of nitrogens with two attached hydrogens (primary N) is 1. The molecule has 0 spiro atoms. The van der Waals surface area contributed by atoms with Gasteiger partial charge in [0.05, 0.1) is 17.0 Å². The highest BCUT2D eigenvalue weighted by atomic mass is 16.6. The number of azo groups is 1. The molecule has 1 aliphatic carbocycles. The summed E-state index contributed by atoms with van der Waals surface area (Å²) >= 11 is 0. The summed E-state index contributed by atoms with van der Waals surface area (Å²) in [5, 5.41) is 18.9. The zero-order valence-electron chi connectivity index (χ0n) is 9.56. The van der Waals surface area contributed by atoms with Crippen LogP contribution in [0.5, 0.6) is 0 Å². The van der Waals surface area contributed by atoms with Crippen LogP contribution < -0.4 is 5.73 Å². The van der Waals surface area contributed by atoms with Crippen molar-refractivity contribution >= 4 is 5.69 Å². The molecule has 0 saturated carbocycles. The maximum absolute atomic E-state index is 11.1. The zero-order chi connectivity index (χ0) is 13.0. The standard InChI is InChI=1S/C12H12N4O2/c13-10-6-8-12(9-7-10,16(17)18)15-14-11-4-2-1-3-5-11/h1-8H,9,13H2. The molecule has 6 heteroatoms. The van der Waals surface area contributed by atoms with Gasteiger partial charge in [0.15, 0.2) is 0 Å². The van der Waals surface area contributed by atoms with E-state index in [0.29, 0.717) is 11.4 Å². The Balaban J connectivity index is 2.26. The van der Waals surface area contributed by atoms with Gasteiger partial charge in [-0.2, -0.15) is 0 Å². The van der Waals surface area contributed by atoms with Crippen molar-refractivity contribution in [1.29, 1.82) is 0 Å². The number of allylic oxidation sites excluding steroid dienone is 1. The first-order valence-corrected chi connectivity index (χ1v) is 5.40. The number of hydrogen-bond donors (Lipinski definition) is 1. The predicted molar refractivity (Wildman–Crippen MR) is 66.7 cm³/mol. The van der Waals surface area contributed by atoms with Crippen molar-refractivity contribution < 1.29 is 4.92 Å². The van der Waals surface area contributed by atoms with E-state index in [-0.39, 0.29) is 6.42 Å². The van der Waals surface area contributed by atoms with E-state index in [1.165, 1.54) is 12.2 Å². The summed E-state index contributed by atoms with van der Waals surface area (Å²) in [7, 11) is 0. The summed E-state index contributed by atoms with van der Waals surface area (Å²) in [6, 6.07) is 8.89. The van der Waals surface area contributed by atoms with Crippen LogP contribution in [0.3, 0.4) is 0 Å². The van der Waals surface area contributed by atoms with E-state index in [1.807, 2.05) is 6.07 Å². The largest absolute Gasteiger partial charge is 0.399 e. The minimum Gasteiger partial charge on any atom is -0.399 e. The molecule has 1 aliphatic rings. The van der Waals surface area contributed by atoms with Gasteiger partial charge in [0.25, 0.3) is 0 Å². The van der Waals surface area contributed by atoms with Crippen LogP contribution in [0.15, 0.2) is 64.5 Å². The van der Waals surface area contributed by atoms with E-state index in [0.717, 1.165) is 0 Å². The van der Waals surface area contributed by atoms with Crippen molar-refractivity contribution in [3.63, 3.8) is 0 Å². The van der Waals surface area contributed by atoms with E-state index in [2.05, 4.69) is 10.2 Å². The third kappa shape index (κ3) is 2.42. The van der Waals surface area contributed by atoms with Gasteiger partial charge in [-0.1, -0.05) is 24.3 Å². The quantitative estimate of drug-likeness (QED) is 0.503. The topological polar surface area (TPSA) is 93.9 Å². The lowest BCUT2D eigenvalue weighted by Crippen LogP contribution is -2.34. The Hall–Kier alpha value is -2.50. The van der Waals surface area contributed by atoms with E-state index in [9.17, 15) is 10.1 Å². The summed E-state index contributed by atoms with van der Waals surface area (Å²) in [5.41, 5.74) is 5.08. The third-order valence-corrected chi connectivity index (χ3v) is 2.59. The van der Waals surface area contributed by atoms with Crippen LogP contribution in [0.2, 0.25) is 0 Å². The minimum absolute atomic E-state index is 0.110. The Morgan fingerprint density at radius 3 is 2.61 bits per heavy atom. The SMILES string of the molecule is NC1=CCC(N=Nc2ccccc2)([N+](=O)[O-])C=C1. The molecule has 1 atom stereocenters. The molecule has 18 heavy (non-hydrogen) atoms. The maximum Gasteiger partial charge on any atom is 0.352 e. The molecule has 0 bridgehead atoms. The van der Waals surface area contributed by atoms with Crippen LogP contribution in [-0.2, 0) is 0 Å². The van der Waals surface area contributed by atoms with Gasteiger partial charge in [-0.15, -0.1) is 10.2 Å². The van der Waals surface area contributed by atoms with Crippen LogP contribution in [0.4, 0.5) is 5.69 Å². The third-order valence-electron chi connectivity index (χ3n) is 2.59. The summed E-state index contributed by atoms with van der Waals surface area (Å²) in [5.74, 6) is 0. The summed E-state index contributed by atoms with van der Waals surface area (Å²) in [6.07, 6.45) is 4.54. The average Bonchev–Trinajstić information content (AvgIpc) is 2.39. The molecule has 0 heterocycles. The van der Waals surface area contributed by atoms with Crippen molar-refractivity contribution in [3.05, 3.63) is 64.4 Å². The molecule has 0 saturated heterocycles. The molecule has 0 fully saturated rings. The molecular formula is C12H12N4O2. The second-order valence-corrected chi connectivity index (χ2v) is 3.91. The normalized spacial score (nSPS) is 23.0. The van der Waals surface area contributed by atoms with E-state index >= 15 is 0 Å². The molecule has 1 aromatic rings. The molecular weight excluding hydrogens is 232 g/mol. The maximum atomic E-state index is 11.1. The van der Waals surface area contributed by atoms with E-state index in [1.54, 1.807) is 30.3 Å². The summed E-state index contributed by atoms with van der Waals surface area (Å²) in [6.45, 7) is 0. The van der Waals surface area contributed by atoms with Crippen molar-refractivity contribution in [2.24, 2.45) is 16.0 Å². The van der Waals surface area contributed by atoms with Crippen molar-refractivity contribution in [3.8, 4) is 0 Å². The van der Waals surface area contributed by atoms with E-state index < -0.39 is 10.6 Å². The average molecular weight is 244 g/mol. The number of benzene rings is 1. The fourth-order valence-electron chi connectivity index (χ4n) is 1.52. The smallest absolute Gasteiger partial charge is 0.352 e. The Bertz CT molecular complexity index is 536. The van der Waals surface area contributed by atoms with Crippen molar-refractivity contribution in [1.82, 2.24) is 0 Å². The first kappa shape index (κ1) is 12.0. The van der Waals surface area contributed by atoms with Crippen LogP contribution in [0, 0.1) is 10.1 Å². The lowest BCUT2D eigenvalue weighted by atomic mass is 10.0. The number of hydrogen-bond acceptors (Lipinski definition) is 5. The predicted octanol–water partition coefficient (Wildman–Crippen LogP) is 2.55. The molecule has 2 N–H and O–H groups in total. The van der Waals surface area contributed by atoms with E-state index in [4.69, 9.17) is 5.73 Å². The fourth-order valence-corrected chi connectivity index (χ4v) is 1.52. The van der Waals surface area contributed by atoms with Crippen molar-refractivity contribution in [2.75, 3.05) is 0 Å². The molecule has 0 amide bonds. The number of nitro groups is 1. The Labute approximate surface area is 104 Å². The molecule has 6 nitrogen and oxygen atoms in total. The summed E-state index contributed by atoms with van der Waals surface area (Å²) < 4.78 is 0. The monoisotopic (exact) mass is 244 g/mol. The highest BCUT2D eigenvalue weighted by molar-refractivity contribution is 5.35. The highest BCUT2D eigenvalue weighted by Crippen LogP contribution is 2.26. The zero-order valence-corrected chi connectivity index (χ0v) is 9.56. The first-order chi connectivity index (χ1) is 8.62. The van der Waals surface area contributed by atoms with Crippen LogP contribution in [0.1, 0.15) is 6.42 Å². The van der Waals surface area contributed by atoms with Gasteiger partial charge in [-0.25, -0.2) is 0 Å².